The average molecular weight is 318 g/mol. The number of benzene rings is 1. The molecule has 7 heteroatoms. The highest BCUT2D eigenvalue weighted by molar-refractivity contribution is 7.22. The molecule has 0 bridgehead atoms. The second-order valence-corrected chi connectivity index (χ2v) is 6.60. The van der Waals surface area contributed by atoms with Crippen molar-refractivity contribution in [3.8, 4) is 0 Å². The van der Waals surface area contributed by atoms with Gasteiger partial charge in [-0.1, -0.05) is 25.2 Å². The van der Waals surface area contributed by atoms with Gasteiger partial charge in [0.2, 0.25) is 0 Å². The van der Waals surface area contributed by atoms with Crippen molar-refractivity contribution in [1.82, 2.24) is 4.98 Å². The molecule has 0 aliphatic carbocycles. The molecule has 1 aromatic carbocycles. The molecular formula is C14H17F3N2OS. The lowest BCUT2D eigenvalue weighted by Crippen LogP contribution is -2.38. The minimum atomic E-state index is -4.37. The molecule has 2 N–H and O–H groups in total. The minimum absolute atomic E-state index is 0.0520. The first kappa shape index (κ1) is 16.0. The number of halogens is 3. The Morgan fingerprint density at radius 1 is 1.33 bits per heavy atom. The zero-order valence-corrected chi connectivity index (χ0v) is 12.8. The standard InChI is InChI=1S/C14H17F3N2OS/c1-8(2)13(3,20)7-18-12-19-10-6-9(14(15,16)17)4-5-11(10)21-12/h4-6,8,20H,7H2,1-3H3,(H,18,19). The van der Waals surface area contributed by atoms with Crippen LogP contribution in [0.15, 0.2) is 18.2 Å². The van der Waals surface area contributed by atoms with E-state index in [2.05, 4.69) is 10.3 Å². The van der Waals surface area contributed by atoms with Gasteiger partial charge in [0.05, 0.1) is 21.4 Å². The van der Waals surface area contributed by atoms with Crippen molar-refractivity contribution in [1.29, 1.82) is 0 Å². The van der Waals surface area contributed by atoms with Crippen LogP contribution >= 0.6 is 11.3 Å². The summed E-state index contributed by atoms with van der Waals surface area (Å²) in [5.74, 6) is 0.0520. The van der Waals surface area contributed by atoms with E-state index in [9.17, 15) is 18.3 Å². The molecule has 0 aliphatic heterocycles. The second-order valence-electron chi connectivity index (χ2n) is 5.56. The summed E-state index contributed by atoms with van der Waals surface area (Å²) in [4.78, 5) is 4.15. The van der Waals surface area contributed by atoms with Gasteiger partial charge < -0.3 is 10.4 Å². The summed E-state index contributed by atoms with van der Waals surface area (Å²) in [7, 11) is 0. The number of alkyl halides is 3. The van der Waals surface area contributed by atoms with E-state index < -0.39 is 17.3 Å². The summed E-state index contributed by atoms with van der Waals surface area (Å²) in [6.45, 7) is 5.79. The van der Waals surface area contributed by atoms with Gasteiger partial charge in [-0.15, -0.1) is 0 Å². The lowest BCUT2D eigenvalue weighted by Gasteiger charge is -2.27. The van der Waals surface area contributed by atoms with Gasteiger partial charge in [0, 0.05) is 6.54 Å². The topological polar surface area (TPSA) is 45.1 Å². The van der Waals surface area contributed by atoms with Crippen LogP contribution in [0.3, 0.4) is 0 Å². The fourth-order valence-corrected chi connectivity index (χ4v) is 2.48. The Bertz CT molecular complexity index is 635. The number of aliphatic hydroxyl groups is 1. The molecule has 0 radical (unpaired) electrons. The summed E-state index contributed by atoms with van der Waals surface area (Å²) < 4.78 is 38.6. The smallest absolute Gasteiger partial charge is 0.388 e. The van der Waals surface area contributed by atoms with Crippen molar-refractivity contribution in [2.45, 2.75) is 32.5 Å². The molecule has 21 heavy (non-hydrogen) atoms. The van der Waals surface area contributed by atoms with E-state index in [1.807, 2.05) is 13.8 Å². The van der Waals surface area contributed by atoms with Crippen LogP contribution < -0.4 is 5.32 Å². The van der Waals surface area contributed by atoms with Crippen molar-refractivity contribution in [2.24, 2.45) is 5.92 Å². The zero-order chi connectivity index (χ0) is 15.8. The summed E-state index contributed by atoms with van der Waals surface area (Å²) in [5, 5.41) is 13.6. The largest absolute Gasteiger partial charge is 0.416 e. The van der Waals surface area contributed by atoms with Crippen molar-refractivity contribution in [2.75, 3.05) is 11.9 Å². The molecule has 0 saturated heterocycles. The molecule has 0 fully saturated rings. The maximum absolute atomic E-state index is 12.6. The van der Waals surface area contributed by atoms with Gasteiger partial charge >= 0.3 is 6.18 Å². The Kier molecular flexibility index (Phi) is 4.17. The van der Waals surface area contributed by atoms with E-state index in [1.165, 1.54) is 17.4 Å². The van der Waals surface area contributed by atoms with Gasteiger partial charge in [0.1, 0.15) is 0 Å². The Morgan fingerprint density at radius 2 is 2.00 bits per heavy atom. The van der Waals surface area contributed by atoms with Crippen LogP contribution in [0.5, 0.6) is 0 Å². The van der Waals surface area contributed by atoms with Crippen LogP contribution in [-0.4, -0.2) is 22.2 Å². The third-order valence-electron chi connectivity index (χ3n) is 3.56. The lowest BCUT2D eigenvalue weighted by atomic mass is 9.93. The molecular weight excluding hydrogens is 301 g/mol. The number of nitrogens with zero attached hydrogens (tertiary/aromatic N) is 1. The third kappa shape index (κ3) is 3.65. The van der Waals surface area contributed by atoms with Crippen LogP contribution in [0, 0.1) is 5.92 Å². The molecule has 116 valence electrons. The van der Waals surface area contributed by atoms with Gasteiger partial charge in [-0.25, -0.2) is 4.98 Å². The number of hydrogen-bond acceptors (Lipinski definition) is 4. The summed E-state index contributed by atoms with van der Waals surface area (Å²) >= 11 is 1.27. The van der Waals surface area contributed by atoms with Crippen LogP contribution in [0.1, 0.15) is 26.3 Å². The number of anilines is 1. The van der Waals surface area contributed by atoms with Crippen molar-refractivity contribution >= 4 is 26.7 Å². The Morgan fingerprint density at radius 3 is 2.57 bits per heavy atom. The minimum Gasteiger partial charge on any atom is -0.388 e. The molecule has 0 amide bonds. The van der Waals surface area contributed by atoms with Crippen LogP contribution in [0.25, 0.3) is 10.2 Å². The van der Waals surface area contributed by atoms with Crippen LogP contribution in [0.4, 0.5) is 18.3 Å². The molecule has 2 rings (SSSR count). The highest BCUT2D eigenvalue weighted by Gasteiger charge is 2.31. The molecule has 2 aromatic rings. The summed E-state index contributed by atoms with van der Waals surface area (Å²) in [6.07, 6.45) is -4.37. The third-order valence-corrected chi connectivity index (χ3v) is 4.55. The molecule has 3 nitrogen and oxygen atoms in total. The second kappa shape index (κ2) is 5.46. The van der Waals surface area contributed by atoms with Gasteiger partial charge in [0.25, 0.3) is 0 Å². The molecule has 1 aromatic heterocycles. The van der Waals surface area contributed by atoms with E-state index in [-0.39, 0.29) is 12.5 Å². The van der Waals surface area contributed by atoms with E-state index in [0.717, 1.165) is 12.1 Å². The SMILES string of the molecule is CC(C)C(C)(O)CNc1nc2cc(C(F)(F)F)ccc2s1. The van der Waals surface area contributed by atoms with Crippen molar-refractivity contribution in [3.05, 3.63) is 23.8 Å². The molecule has 0 aliphatic rings. The molecule has 1 atom stereocenters. The molecule has 1 heterocycles. The Hall–Kier alpha value is -1.34. The normalized spacial score (nSPS) is 15.4. The number of fused-ring (bicyclic) bond motifs is 1. The fourth-order valence-electron chi connectivity index (χ4n) is 1.64. The predicted octanol–water partition coefficient (Wildman–Crippen LogP) is 4.13. The first-order valence-electron chi connectivity index (χ1n) is 6.53. The summed E-state index contributed by atoms with van der Waals surface area (Å²) in [5.41, 5.74) is -1.31. The number of rotatable bonds is 4. The maximum Gasteiger partial charge on any atom is 0.416 e. The Balaban J connectivity index is 2.20. The first-order valence-corrected chi connectivity index (χ1v) is 7.35. The quantitative estimate of drug-likeness (QED) is 0.891. The predicted molar refractivity (Wildman–Crippen MR) is 78.6 cm³/mol. The fraction of sp³-hybridized carbons (Fsp3) is 0.500. The lowest BCUT2D eigenvalue weighted by molar-refractivity contribution is -0.137. The number of thiazole rings is 1. The van der Waals surface area contributed by atoms with E-state index in [1.54, 1.807) is 6.92 Å². The van der Waals surface area contributed by atoms with Gasteiger partial charge in [0.15, 0.2) is 5.13 Å². The zero-order valence-electron chi connectivity index (χ0n) is 12.0. The maximum atomic E-state index is 12.6. The number of aromatic nitrogens is 1. The van der Waals surface area contributed by atoms with E-state index in [4.69, 9.17) is 0 Å². The molecule has 1 unspecified atom stereocenters. The van der Waals surface area contributed by atoms with Gasteiger partial charge in [-0.2, -0.15) is 13.2 Å². The average Bonchev–Trinajstić information content (AvgIpc) is 2.77. The van der Waals surface area contributed by atoms with Gasteiger partial charge in [-0.3, -0.25) is 0 Å². The highest BCUT2D eigenvalue weighted by atomic mass is 32.1. The van der Waals surface area contributed by atoms with Crippen molar-refractivity contribution in [3.63, 3.8) is 0 Å². The Labute approximate surface area is 124 Å². The highest BCUT2D eigenvalue weighted by Crippen LogP contribution is 2.34. The van der Waals surface area contributed by atoms with Crippen LogP contribution in [0.2, 0.25) is 0 Å². The molecule has 0 spiro atoms. The van der Waals surface area contributed by atoms with Crippen LogP contribution in [-0.2, 0) is 6.18 Å². The van der Waals surface area contributed by atoms with Gasteiger partial charge in [-0.05, 0) is 31.0 Å². The van der Waals surface area contributed by atoms with Crippen molar-refractivity contribution < 1.29 is 18.3 Å². The first-order chi connectivity index (χ1) is 9.59. The van der Waals surface area contributed by atoms with E-state index >= 15 is 0 Å². The monoisotopic (exact) mass is 318 g/mol. The number of nitrogens with one attached hydrogen (secondary N) is 1. The number of hydrogen-bond donors (Lipinski definition) is 2. The molecule has 0 saturated carbocycles. The summed E-state index contributed by atoms with van der Waals surface area (Å²) in [6, 6.07) is 3.51. The van der Waals surface area contributed by atoms with E-state index in [0.29, 0.717) is 15.3 Å².